The molecule has 0 spiro atoms. The largest absolute Gasteiger partial charge is 0.347 e. The molecule has 0 saturated carbocycles. The Bertz CT molecular complexity index is 884. The normalized spacial score (nSPS) is 13.3. The third-order valence-electron chi connectivity index (χ3n) is 3.58. The second-order valence-electron chi connectivity index (χ2n) is 5.20. The molecule has 2 aromatic rings. The molecule has 0 saturated heterocycles. The summed E-state index contributed by atoms with van der Waals surface area (Å²) in [5.74, 6) is -0.674. The molecular formula is C17H12N2O4. The maximum absolute atomic E-state index is 12.5. The number of hydrogen-bond donors (Lipinski definition) is 1. The highest BCUT2D eigenvalue weighted by atomic mass is 16.6. The molecule has 114 valence electrons. The Balaban J connectivity index is 2.01. The number of rotatable bonds is 3. The molecular weight excluding hydrogens is 296 g/mol. The number of carbonyl (C=O) groups excluding carboxylic acids is 2. The van der Waals surface area contributed by atoms with Gasteiger partial charge in [0.25, 0.3) is 5.69 Å². The molecule has 0 heterocycles. The lowest BCUT2D eigenvalue weighted by Crippen LogP contribution is -2.21. The number of nitrogens with zero attached hydrogens (tertiary/aromatic N) is 1. The molecule has 0 bridgehead atoms. The highest BCUT2D eigenvalue weighted by Gasteiger charge is 2.26. The molecule has 0 fully saturated rings. The van der Waals surface area contributed by atoms with Gasteiger partial charge in [0.15, 0.2) is 5.78 Å². The SMILES string of the molecule is Cc1ccc(NC2=CC(=O)c3ccccc3C2=O)c([N+](=O)[O-])c1. The van der Waals surface area contributed by atoms with Crippen molar-refractivity contribution in [2.45, 2.75) is 6.92 Å². The number of ketones is 2. The van der Waals surface area contributed by atoms with Crippen molar-refractivity contribution in [2.75, 3.05) is 5.32 Å². The van der Waals surface area contributed by atoms with Crippen LogP contribution in [-0.2, 0) is 0 Å². The molecule has 0 amide bonds. The van der Waals surface area contributed by atoms with E-state index in [4.69, 9.17) is 0 Å². The van der Waals surface area contributed by atoms with Gasteiger partial charge in [-0.1, -0.05) is 30.3 Å². The summed E-state index contributed by atoms with van der Waals surface area (Å²) in [5, 5.41) is 13.9. The Morgan fingerprint density at radius 2 is 1.74 bits per heavy atom. The highest BCUT2D eigenvalue weighted by molar-refractivity contribution is 6.25. The minimum atomic E-state index is -0.529. The lowest BCUT2D eigenvalue weighted by atomic mass is 9.92. The lowest BCUT2D eigenvalue weighted by molar-refractivity contribution is -0.384. The van der Waals surface area contributed by atoms with Crippen molar-refractivity contribution in [1.29, 1.82) is 0 Å². The first kappa shape index (κ1) is 14.6. The average Bonchev–Trinajstić information content (AvgIpc) is 2.53. The summed E-state index contributed by atoms with van der Waals surface area (Å²) in [6.45, 7) is 1.74. The van der Waals surface area contributed by atoms with Gasteiger partial charge in [-0.15, -0.1) is 0 Å². The number of fused-ring (bicyclic) bond motifs is 1. The summed E-state index contributed by atoms with van der Waals surface area (Å²) in [7, 11) is 0. The topological polar surface area (TPSA) is 89.3 Å². The van der Waals surface area contributed by atoms with Crippen molar-refractivity contribution in [2.24, 2.45) is 0 Å². The first-order chi connectivity index (χ1) is 11.0. The van der Waals surface area contributed by atoms with E-state index in [-0.39, 0.29) is 34.2 Å². The smallest absolute Gasteiger partial charge is 0.292 e. The number of allylic oxidation sites excluding steroid dienone is 2. The van der Waals surface area contributed by atoms with Crippen LogP contribution in [0.15, 0.2) is 54.2 Å². The van der Waals surface area contributed by atoms with Gasteiger partial charge in [-0.3, -0.25) is 19.7 Å². The van der Waals surface area contributed by atoms with Crippen molar-refractivity contribution in [1.82, 2.24) is 0 Å². The van der Waals surface area contributed by atoms with Gasteiger partial charge < -0.3 is 5.32 Å². The Labute approximate surface area is 131 Å². The Kier molecular flexibility index (Phi) is 3.50. The zero-order chi connectivity index (χ0) is 16.6. The monoisotopic (exact) mass is 308 g/mol. The van der Waals surface area contributed by atoms with Crippen LogP contribution in [0.25, 0.3) is 0 Å². The van der Waals surface area contributed by atoms with Gasteiger partial charge in [0.2, 0.25) is 5.78 Å². The first-order valence-electron chi connectivity index (χ1n) is 6.89. The van der Waals surface area contributed by atoms with Gasteiger partial charge in [-0.2, -0.15) is 0 Å². The third-order valence-corrected chi connectivity index (χ3v) is 3.58. The third kappa shape index (κ3) is 2.62. The minimum Gasteiger partial charge on any atom is -0.347 e. The number of carbonyl (C=O) groups is 2. The van der Waals surface area contributed by atoms with Gasteiger partial charge in [0.05, 0.1) is 10.6 Å². The second-order valence-corrected chi connectivity index (χ2v) is 5.20. The van der Waals surface area contributed by atoms with Crippen LogP contribution in [0, 0.1) is 17.0 Å². The standard InChI is InChI=1S/C17H12N2O4/c1-10-6-7-13(15(8-10)19(22)23)18-14-9-16(20)11-4-2-3-5-12(11)17(14)21/h2-9,18H,1H3. The van der Waals surface area contributed by atoms with Gasteiger partial charge in [0.1, 0.15) is 5.69 Å². The van der Waals surface area contributed by atoms with Crippen LogP contribution < -0.4 is 5.32 Å². The van der Waals surface area contributed by atoms with E-state index < -0.39 is 4.92 Å². The van der Waals surface area contributed by atoms with Crippen LogP contribution in [0.3, 0.4) is 0 Å². The van der Waals surface area contributed by atoms with Crippen molar-refractivity contribution >= 4 is 22.9 Å². The van der Waals surface area contributed by atoms with Gasteiger partial charge >= 0.3 is 0 Å². The van der Waals surface area contributed by atoms with Crippen LogP contribution in [0.2, 0.25) is 0 Å². The molecule has 3 rings (SSSR count). The Hall–Kier alpha value is -3.28. The predicted molar refractivity (Wildman–Crippen MR) is 84.6 cm³/mol. The van der Waals surface area contributed by atoms with Crippen molar-refractivity contribution in [3.05, 3.63) is 81.0 Å². The fourth-order valence-corrected chi connectivity index (χ4v) is 2.45. The summed E-state index contributed by atoms with van der Waals surface area (Å²) in [4.78, 5) is 35.2. The molecule has 1 aliphatic carbocycles. The van der Waals surface area contributed by atoms with E-state index >= 15 is 0 Å². The van der Waals surface area contributed by atoms with Crippen LogP contribution in [0.1, 0.15) is 26.3 Å². The second kappa shape index (κ2) is 5.49. The fraction of sp³-hybridized carbons (Fsp3) is 0.0588. The first-order valence-corrected chi connectivity index (χ1v) is 6.89. The minimum absolute atomic E-state index is 0.0284. The molecule has 0 unspecified atom stereocenters. The van der Waals surface area contributed by atoms with Crippen molar-refractivity contribution in [3.63, 3.8) is 0 Å². The van der Waals surface area contributed by atoms with E-state index in [2.05, 4.69) is 5.32 Å². The number of benzene rings is 2. The summed E-state index contributed by atoms with van der Waals surface area (Å²) in [6, 6.07) is 11.1. The van der Waals surface area contributed by atoms with Crippen LogP contribution in [-0.4, -0.2) is 16.5 Å². The summed E-state index contributed by atoms with van der Waals surface area (Å²) in [5.41, 5.74) is 1.41. The van der Waals surface area contributed by atoms with E-state index in [9.17, 15) is 19.7 Å². The number of nitro groups is 1. The van der Waals surface area contributed by atoms with E-state index in [1.54, 1.807) is 37.3 Å². The number of nitro benzene ring substituents is 1. The molecule has 0 aliphatic heterocycles. The van der Waals surface area contributed by atoms with Crippen LogP contribution >= 0.6 is 0 Å². The molecule has 0 aromatic heterocycles. The van der Waals surface area contributed by atoms with E-state index in [0.717, 1.165) is 5.56 Å². The lowest BCUT2D eigenvalue weighted by Gasteiger charge is -2.16. The van der Waals surface area contributed by atoms with Crippen molar-refractivity contribution < 1.29 is 14.5 Å². The summed E-state index contributed by atoms with van der Waals surface area (Å²) in [6.07, 6.45) is 1.17. The van der Waals surface area contributed by atoms with E-state index in [1.165, 1.54) is 18.2 Å². The average molecular weight is 308 g/mol. The predicted octanol–water partition coefficient (Wildman–Crippen LogP) is 3.28. The molecule has 0 atom stereocenters. The Morgan fingerprint density at radius 3 is 2.43 bits per heavy atom. The van der Waals surface area contributed by atoms with Gasteiger partial charge in [-0.05, 0) is 18.6 Å². The van der Waals surface area contributed by atoms with Gasteiger partial charge in [0, 0.05) is 23.3 Å². The molecule has 1 aliphatic rings. The Morgan fingerprint density at radius 1 is 1.04 bits per heavy atom. The molecule has 2 aromatic carbocycles. The van der Waals surface area contributed by atoms with Crippen molar-refractivity contribution in [3.8, 4) is 0 Å². The number of Topliss-reactive ketones (excluding diaryl/α,β-unsaturated/α-hetero) is 1. The summed E-state index contributed by atoms with van der Waals surface area (Å²) < 4.78 is 0. The zero-order valence-electron chi connectivity index (χ0n) is 12.2. The maximum atomic E-state index is 12.5. The quantitative estimate of drug-likeness (QED) is 0.694. The number of anilines is 1. The molecule has 0 radical (unpaired) electrons. The summed E-state index contributed by atoms with van der Waals surface area (Å²) >= 11 is 0. The van der Waals surface area contributed by atoms with Gasteiger partial charge in [-0.25, -0.2) is 0 Å². The number of nitrogens with one attached hydrogen (secondary N) is 1. The zero-order valence-corrected chi connectivity index (χ0v) is 12.2. The number of hydrogen-bond acceptors (Lipinski definition) is 5. The highest BCUT2D eigenvalue weighted by Crippen LogP contribution is 2.29. The maximum Gasteiger partial charge on any atom is 0.292 e. The molecule has 6 heteroatoms. The molecule has 6 nitrogen and oxygen atoms in total. The molecule has 23 heavy (non-hydrogen) atoms. The number of aryl methyl sites for hydroxylation is 1. The van der Waals surface area contributed by atoms with E-state index in [1.807, 2.05) is 0 Å². The fourth-order valence-electron chi connectivity index (χ4n) is 2.45. The van der Waals surface area contributed by atoms with Crippen LogP contribution in [0.5, 0.6) is 0 Å². The molecule has 1 N–H and O–H groups in total. The van der Waals surface area contributed by atoms with Crippen LogP contribution in [0.4, 0.5) is 11.4 Å². The van der Waals surface area contributed by atoms with E-state index in [0.29, 0.717) is 5.56 Å².